The molecular formula is C12H22N2O4. The highest BCUT2D eigenvalue weighted by molar-refractivity contribution is 5.83. The average molecular weight is 258 g/mol. The second-order valence-corrected chi connectivity index (χ2v) is 4.93. The normalized spacial score (nSPS) is 25.0. The van der Waals surface area contributed by atoms with Crippen molar-refractivity contribution in [3.63, 3.8) is 0 Å². The van der Waals surface area contributed by atoms with Crippen LogP contribution >= 0.6 is 0 Å². The highest BCUT2D eigenvalue weighted by atomic mass is 16.4. The van der Waals surface area contributed by atoms with Crippen LogP contribution in [0.1, 0.15) is 33.1 Å². The molecule has 1 aliphatic rings. The predicted molar refractivity (Wildman–Crippen MR) is 66.3 cm³/mol. The minimum absolute atomic E-state index is 0.0645. The predicted octanol–water partition coefficient (Wildman–Crippen LogP) is 0.747. The number of aliphatic carboxylic acids is 1. The zero-order chi connectivity index (χ0) is 13.9. The van der Waals surface area contributed by atoms with Crippen LogP contribution in [0, 0.1) is 0 Å². The van der Waals surface area contributed by atoms with Gasteiger partial charge in [0.05, 0.1) is 6.10 Å². The summed E-state index contributed by atoms with van der Waals surface area (Å²) >= 11 is 0. The number of rotatable bonds is 4. The fourth-order valence-electron chi connectivity index (χ4n) is 2.26. The van der Waals surface area contributed by atoms with E-state index >= 15 is 0 Å². The number of hydrogen-bond acceptors (Lipinski definition) is 3. The van der Waals surface area contributed by atoms with Crippen LogP contribution in [0.3, 0.4) is 0 Å². The lowest BCUT2D eigenvalue weighted by atomic mass is 10.2. The summed E-state index contributed by atoms with van der Waals surface area (Å²) in [6, 6.07) is -1.17. The zero-order valence-corrected chi connectivity index (χ0v) is 11.2. The molecule has 0 aromatic heterocycles. The first-order valence-electron chi connectivity index (χ1n) is 6.32. The molecule has 3 atom stereocenters. The molecule has 0 radical (unpaired) electrons. The number of urea groups is 1. The summed E-state index contributed by atoms with van der Waals surface area (Å²) in [6.45, 7) is 4.07. The van der Waals surface area contributed by atoms with Crippen molar-refractivity contribution in [2.75, 3.05) is 13.6 Å². The highest BCUT2D eigenvalue weighted by Crippen LogP contribution is 2.20. The summed E-state index contributed by atoms with van der Waals surface area (Å²) < 4.78 is 0. The molecule has 0 aliphatic carbocycles. The van der Waals surface area contributed by atoms with Crippen molar-refractivity contribution in [1.29, 1.82) is 0 Å². The Morgan fingerprint density at radius 1 is 1.50 bits per heavy atom. The number of aliphatic hydroxyl groups excluding tert-OH is 1. The largest absolute Gasteiger partial charge is 0.480 e. The maximum atomic E-state index is 12.2. The van der Waals surface area contributed by atoms with Crippen LogP contribution in [0.15, 0.2) is 0 Å². The lowest BCUT2D eigenvalue weighted by molar-refractivity contribution is -0.141. The monoisotopic (exact) mass is 258 g/mol. The molecule has 1 heterocycles. The molecule has 2 amide bonds. The maximum absolute atomic E-state index is 12.2. The van der Waals surface area contributed by atoms with Gasteiger partial charge in [-0.2, -0.15) is 0 Å². The Bertz CT molecular complexity index is 321. The number of likely N-dealkylation sites (tertiary alicyclic amines) is 1. The minimum Gasteiger partial charge on any atom is -0.480 e. The third-order valence-electron chi connectivity index (χ3n) is 3.48. The van der Waals surface area contributed by atoms with E-state index in [1.165, 1.54) is 4.90 Å². The van der Waals surface area contributed by atoms with E-state index in [0.717, 1.165) is 12.8 Å². The van der Waals surface area contributed by atoms with Gasteiger partial charge in [-0.05, 0) is 13.3 Å². The van der Waals surface area contributed by atoms with Gasteiger partial charge in [0.1, 0.15) is 6.04 Å². The lowest BCUT2D eigenvalue weighted by Crippen LogP contribution is -2.49. The number of amides is 2. The summed E-state index contributed by atoms with van der Waals surface area (Å²) in [5.74, 6) is -1.06. The summed E-state index contributed by atoms with van der Waals surface area (Å²) in [5, 5.41) is 18.6. The van der Waals surface area contributed by atoms with Crippen molar-refractivity contribution < 1.29 is 19.8 Å². The van der Waals surface area contributed by atoms with Gasteiger partial charge in [-0.15, -0.1) is 0 Å². The number of carbonyl (C=O) groups excluding carboxylic acids is 1. The van der Waals surface area contributed by atoms with Crippen LogP contribution in [-0.2, 0) is 4.79 Å². The lowest BCUT2D eigenvalue weighted by Gasteiger charge is -2.31. The number of carbonyl (C=O) groups is 2. The van der Waals surface area contributed by atoms with E-state index < -0.39 is 18.1 Å². The van der Waals surface area contributed by atoms with E-state index in [9.17, 15) is 14.7 Å². The van der Waals surface area contributed by atoms with Gasteiger partial charge in [0, 0.05) is 26.1 Å². The fourth-order valence-corrected chi connectivity index (χ4v) is 2.26. The van der Waals surface area contributed by atoms with E-state index in [1.54, 1.807) is 11.9 Å². The summed E-state index contributed by atoms with van der Waals surface area (Å²) in [5.41, 5.74) is 0. The highest BCUT2D eigenvalue weighted by Gasteiger charge is 2.40. The molecule has 1 saturated heterocycles. The Morgan fingerprint density at radius 2 is 2.11 bits per heavy atom. The third-order valence-corrected chi connectivity index (χ3v) is 3.48. The quantitative estimate of drug-likeness (QED) is 0.779. The first-order valence-corrected chi connectivity index (χ1v) is 6.32. The van der Waals surface area contributed by atoms with Gasteiger partial charge in [-0.25, -0.2) is 9.59 Å². The number of aliphatic hydroxyl groups is 1. The van der Waals surface area contributed by atoms with E-state index in [-0.39, 0.29) is 25.0 Å². The molecule has 6 heteroatoms. The van der Waals surface area contributed by atoms with E-state index in [0.29, 0.717) is 0 Å². The molecule has 1 rings (SSSR count). The van der Waals surface area contributed by atoms with Gasteiger partial charge in [0.15, 0.2) is 0 Å². The Morgan fingerprint density at radius 3 is 2.61 bits per heavy atom. The summed E-state index contributed by atoms with van der Waals surface area (Å²) in [6.07, 6.45) is 1.20. The second kappa shape index (κ2) is 6.04. The molecule has 0 aromatic rings. The molecule has 2 N–H and O–H groups in total. The van der Waals surface area contributed by atoms with Crippen molar-refractivity contribution in [3.8, 4) is 0 Å². The number of carboxylic acid groups (broad SMARTS) is 1. The average Bonchev–Trinajstić information content (AvgIpc) is 2.69. The smallest absolute Gasteiger partial charge is 0.326 e. The van der Waals surface area contributed by atoms with Gasteiger partial charge < -0.3 is 20.0 Å². The second-order valence-electron chi connectivity index (χ2n) is 4.93. The summed E-state index contributed by atoms with van der Waals surface area (Å²) in [7, 11) is 1.67. The number of β-amino-alcohol motifs (C(OH)–C–C–N with tert-alkyl or cyclic N) is 1. The van der Waals surface area contributed by atoms with Crippen molar-refractivity contribution in [1.82, 2.24) is 9.80 Å². The molecule has 18 heavy (non-hydrogen) atoms. The number of hydrogen-bond donors (Lipinski definition) is 2. The van der Waals surface area contributed by atoms with Crippen LogP contribution < -0.4 is 0 Å². The van der Waals surface area contributed by atoms with Crippen LogP contribution in [0.25, 0.3) is 0 Å². The topological polar surface area (TPSA) is 81.1 Å². The first-order chi connectivity index (χ1) is 8.38. The zero-order valence-electron chi connectivity index (χ0n) is 11.2. The Kier molecular flexibility index (Phi) is 4.95. The van der Waals surface area contributed by atoms with Gasteiger partial charge in [-0.1, -0.05) is 13.3 Å². The van der Waals surface area contributed by atoms with Crippen LogP contribution in [0.4, 0.5) is 4.79 Å². The van der Waals surface area contributed by atoms with E-state index in [1.807, 2.05) is 13.8 Å². The molecule has 0 spiro atoms. The van der Waals surface area contributed by atoms with Crippen molar-refractivity contribution >= 4 is 12.0 Å². The standard InChI is InChI=1S/C12H22N2O4/c1-4-5-8(2)13(3)12(18)14-7-9(15)6-10(14)11(16)17/h8-10,15H,4-7H2,1-3H3,(H,16,17). The van der Waals surface area contributed by atoms with Crippen molar-refractivity contribution in [3.05, 3.63) is 0 Å². The van der Waals surface area contributed by atoms with Crippen LogP contribution in [0.2, 0.25) is 0 Å². The van der Waals surface area contributed by atoms with Crippen molar-refractivity contribution in [2.24, 2.45) is 0 Å². The van der Waals surface area contributed by atoms with Gasteiger partial charge in [0.25, 0.3) is 0 Å². The molecular weight excluding hydrogens is 236 g/mol. The van der Waals surface area contributed by atoms with Gasteiger partial charge >= 0.3 is 12.0 Å². The molecule has 1 fully saturated rings. The molecule has 1 aliphatic heterocycles. The fraction of sp³-hybridized carbons (Fsp3) is 0.833. The van der Waals surface area contributed by atoms with Gasteiger partial charge in [0.2, 0.25) is 0 Å². The summed E-state index contributed by atoms with van der Waals surface area (Å²) in [4.78, 5) is 26.1. The molecule has 0 bridgehead atoms. The number of nitrogens with zero attached hydrogens (tertiary/aromatic N) is 2. The molecule has 6 nitrogen and oxygen atoms in total. The molecule has 3 unspecified atom stereocenters. The molecule has 104 valence electrons. The SMILES string of the molecule is CCCC(C)N(C)C(=O)N1CC(O)CC1C(=O)O. The Hall–Kier alpha value is -1.30. The van der Waals surface area contributed by atoms with Gasteiger partial charge in [-0.3, -0.25) is 0 Å². The Balaban J connectivity index is 2.73. The maximum Gasteiger partial charge on any atom is 0.326 e. The minimum atomic E-state index is -1.06. The Labute approximate surface area is 107 Å². The first kappa shape index (κ1) is 14.8. The molecule has 0 saturated carbocycles. The van der Waals surface area contributed by atoms with E-state index in [2.05, 4.69) is 0 Å². The number of carboxylic acids is 1. The third kappa shape index (κ3) is 3.13. The molecule has 0 aromatic carbocycles. The van der Waals surface area contributed by atoms with E-state index in [4.69, 9.17) is 5.11 Å². The van der Waals surface area contributed by atoms with Crippen molar-refractivity contribution in [2.45, 2.75) is 51.3 Å². The van der Waals surface area contributed by atoms with Crippen LogP contribution in [-0.4, -0.2) is 63.8 Å². The van der Waals surface area contributed by atoms with Crippen LogP contribution in [0.5, 0.6) is 0 Å².